The molecule has 0 spiro atoms. The summed E-state index contributed by atoms with van der Waals surface area (Å²) in [5.41, 5.74) is 0.770. The summed E-state index contributed by atoms with van der Waals surface area (Å²) in [6.45, 7) is 0. The van der Waals surface area contributed by atoms with Crippen molar-refractivity contribution < 1.29 is 9.72 Å². The Morgan fingerprint density at radius 3 is 2.66 bits per heavy atom. The minimum absolute atomic E-state index is 0.00201. The number of aromatic nitrogens is 3. The maximum absolute atomic E-state index is 13.2. The number of benzene rings is 2. The number of nitrogens with zero attached hydrogens (tertiary/aromatic N) is 4. The van der Waals surface area contributed by atoms with Crippen molar-refractivity contribution >= 4 is 52.0 Å². The predicted octanol–water partition coefficient (Wildman–Crippen LogP) is 5.58. The minimum atomic E-state index is -0.662. The highest BCUT2D eigenvalue weighted by atomic mass is 35.5. The molecule has 32 heavy (non-hydrogen) atoms. The zero-order valence-electron chi connectivity index (χ0n) is 16.6. The Kier molecular flexibility index (Phi) is 6.54. The lowest BCUT2D eigenvalue weighted by atomic mass is 10.1. The standard InChI is InChI=1S/C21H16ClN5O3S2/c1-26-19(17-8-5-11-31-17)24-25-21(26)32-18(13-6-3-2-4-7-13)20(28)23-14-9-10-15(22)16(12-14)27(29)30/h2-12,18H,1H3,(H,23,28). The van der Waals surface area contributed by atoms with Gasteiger partial charge in [0.05, 0.1) is 9.80 Å². The number of carbonyl (C=O) groups is 1. The van der Waals surface area contributed by atoms with Gasteiger partial charge in [-0.05, 0) is 29.1 Å². The number of nitro benzene ring substituents is 1. The van der Waals surface area contributed by atoms with Crippen LogP contribution in [-0.2, 0) is 11.8 Å². The Morgan fingerprint density at radius 1 is 1.19 bits per heavy atom. The summed E-state index contributed by atoms with van der Waals surface area (Å²) in [6.07, 6.45) is 0. The molecule has 2 aromatic carbocycles. The maximum atomic E-state index is 13.2. The molecule has 11 heteroatoms. The van der Waals surface area contributed by atoms with Crippen molar-refractivity contribution in [1.82, 2.24) is 14.8 Å². The van der Waals surface area contributed by atoms with E-state index in [1.165, 1.54) is 30.0 Å². The first-order chi connectivity index (χ1) is 15.4. The number of rotatable bonds is 7. The fourth-order valence-corrected chi connectivity index (χ4v) is 4.92. The first-order valence-electron chi connectivity index (χ1n) is 9.33. The molecular formula is C21H16ClN5O3S2. The number of nitrogens with one attached hydrogen (secondary N) is 1. The van der Waals surface area contributed by atoms with Gasteiger partial charge in [-0.25, -0.2) is 0 Å². The van der Waals surface area contributed by atoms with Crippen LogP contribution in [0.15, 0.2) is 71.2 Å². The summed E-state index contributed by atoms with van der Waals surface area (Å²) in [5.74, 6) is 0.363. The Morgan fingerprint density at radius 2 is 1.97 bits per heavy atom. The first-order valence-corrected chi connectivity index (χ1v) is 11.5. The van der Waals surface area contributed by atoms with Gasteiger partial charge in [-0.3, -0.25) is 14.9 Å². The molecule has 0 saturated heterocycles. The molecule has 0 saturated carbocycles. The monoisotopic (exact) mass is 485 g/mol. The lowest BCUT2D eigenvalue weighted by Crippen LogP contribution is -2.19. The fraction of sp³-hybridized carbons (Fsp3) is 0.0952. The van der Waals surface area contributed by atoms with Crippen molar-refractivity contribution in [1.29, 1.82) is 0 Å². The number of carbonyl (C=O) groups excluding carboxylic acids is 1. The predicted molar refractivity (Wildman–Crippen MR) is 126 cm³/mol. The molecule has 4 rings (SSSR count). The van der Waals surface area contributed by atoms with Crippen LogP contribution in [0.4, 0.5) is 11.4 Å². The summed E-state index contributed by atoms with van der Waals surface area (Å²) < 4.78 is 1.84. The van der Waals surface area contributed by atoms with Gasteiger partial charge in [0.2, 0.25) is 5.91 Å². The van der Waals surface area contributed by atoms with Crippen LogP contribution in [-0.4, -0.2) is 25.6 Å². The molecular weight excluding hydrogens is 470 g/mol. The van der Waals surface area contributed by atoms with Crippen molar-refractivity contribution in [3.8, 4) is 10.7 Å². The third-order valence-electron chi connectivity index (χ3n) is 4.55. The molecule has 1 N–H and O–H groups in total. The molecule has 162 valence electrons. The van der Waals surface area contributed by atoms with Crippen molar-refractivity contribution in [3.63, 3.8) is 0 Å². The molecule has 0 aliphatic carbocycles. The first kappa shape index (κ1) is 22.0. The van der Waals surface area contributed by atoms with Gasteiger partial charge in [0.1, 0.15) is 10.3 Å². The van der Waals surface area contributed by atoms with E-state index in [2.05, 4.69) is 15.5 Å². The second-order valence-corrected chi connectivity index (χ2v) is 9.09. The van der Waals surface area contributed by atoms with E-state index >= 15 is 0 Å². The van der Waals surface area contributed by atoms with Gasteiger partial charge in [-0.15, -0.1) is 21.5 Å². The molecule has 1 atom stereocenters. The third-order valence-corrected chi connectivity index (χ3v) is 7.02. The minimum Gasteiger partial charge on any atom is -0.325 e. The van der Waals surface area contributed by atoms with Crippen molar-refractivity contribution in [2.75, 3.05) is 5.32 Å². The summed E-state index contributed by atoms with van der Waals surface area (Å²) in [4.78, 5) is 24.8. The van der Waals surface area contributed by atoms with E-state index in [-0.39, 0.29) is 22.3 Å². The molecule has 1 amide bonds. The summed E-state index contributed by atoms with van der Waals surface area (Å²) >= 11 is 8.68. The van der Waals surface area contributed by atoms with Crippen molar-refractivity contribution in [2.24, 2.45) is 7.05 Å². The number of thiophene rings is 1. The van der Waals surface area contributed by atoms with Crippen LogP contribution in [0.3, 0.4) is 0 Å². The van der Waals surface area contributed by atoms with E-state index in [1.807, 2.05) is 59.5 Å². The Bertz CT molecular complexity index is 1260. The van der Waals surface area contributed by atoms with E-state index < -0.39 is 10.2 Å². The van der Waals surface area contributed by atoms with Crippen LogP contribution >= 0.6 is 34.7 Å². The van der Waals surface area contributed by atoms with Crippen LogP contribution in [0.2, 0.25) is 5.02 Å². The Hall–Kier alpha value is -3.21. The van der Waals surface area contributed by atoms with E-state index in [1.54, 1.807) is 11.3 Å². The Balaban J connectivity index is 1.63. The quantitative estimate of drug-likeness (QED) is 0.208. The van der Waals surface area contributed by atoms with E-state index in [4.69, 9.17) is 11.6 Å². The number of halogens is 1. The largest absolute Gasteiger partial charge is 0.325 e. The molecule has 1 unspecified atom stereocenters. The van der Waals surface area contributed by atoms with Gasteiger partial charge in [-0.1, -0.05) is 59.8 Å². The molecule has 0 radical (unpaired) electrons. The van der Waals surface area contributed by atoms with Crippen LogP contribution in [0.1, 0.15) is 10.8 Å². The van der Waals surface area contributed by atoms with E-state index in [9.17, 15) is 14.9 Å². The summed E-state index contributed by atoms with van der Waals surface area (Å²) in [5, 5.41) is 24.4. The molecule has 2 heterocycles. The Labute approximate surface area is 196 Å². The lowest BCUT2D eigenvalue weighted by molar-refractivity contribution is -0.384. The normalized spacial score (nSPS) is 11.8. The zero-order chi connectivity index (χ0) is 22.7. The molecule has 2 aromatic heterocycles. The van der Waals surface area contributed by atoms with Crippen molar-refractivity contribution in [2.45, 2.75) is 10.4 Å². The summed E-state index contributed by atoms with van der Waals surface area (Å²) in [6, 6.07) is 17.3. The molecule has 0 aliphatic rings. The van der Waals surface area contributed by atoms with Gasteiger partial charge < -0.3 is 9.88 Å². The van der Waals surface area contributed by atoms with E-state index in [0.29, 0.717) is 11.0 Å². The van der Waals surface area contributed by atoms with Gasteiger partial charge in [0.25, 0.3) is 5.69 Å². The number of thioether (sulfide) groups is 1. The third kappa shape index (κ3) is 4.67. The summed E-state index contributed by atoms with van der Waals surface area (Å²) in [7, 11) is 1.85. The van der Waals surface area contributed by atoms with Crippen LogP contribution in [0.5, 0.6) is 0 Å². The average molecular weight is 486 g/mol. The van der Waals surface area contributed by atoms with Gasteiger partial charge in [0.15, 0.2) is 11.0 Å². The highest BCUT2D eigenvalue weighted by molar-refractivity contribution is 8.00. The number of anilines is 1. The fourth-order valence-electron chi connectivity index (χ4n) is 2.98. The lowest BCUT2D eigenvalue weighted by Gasteiger charge is -2.16. The molecule has 0 bridgehead atoms. The SMILES string of the molecule is Cn1c(SC(C(=O)Nc2ccc(Cl)c([N+](=O)[O-])c2)c2ccccc2)nnc1-c1cccs1. The highest BCUT2D eigenvalue weighted by Crippen LogP contribution is 2.37. The molecule has 0 fully saturated rings. The van der Waals surface area contributed by atoms with Gasteiger partial charge in [0, 0.05) is 18.8 Å². The van der Waals surface area contributed by atoms with Crippen LogP contribution < -0.4 is 5.32 Å². The molecule has 4 aromatic rings. The maximum Gasteiger partial charge on any atom is 0.289 e. The van der Waals surface area contributed by atoms with Crippen LogP contribution in [0.25, 0.3) is 10.7 Å². The number of amides is 1. The van der Waals surface area contributed by atoms with Crippen LogP contribution in [0, 0.1) is 10.1 Å². The van der Waals surface area contributed by atoms with Gasteiger partial charge >= 0.3 is 0 Å². The molecule has 8 nitrogen and oxygen atoms in total. The average Bonchev–Trinajstić information content (AvgIpc) is 3.43. The van der Waals surface area contributed by atoms with E-state index in [0.717, 1.165) is 10.4 Å². The zero-order valence-corrected chi connectivity index (χ0v) is 19.0. The van der Waals surface area contributed by atoms with Gasteiger partial charge in [-0.2, -0.15) is 0 Å². The second kappa shape index (κ2) is 9.51. The molecule has 0 aliphatic heterocycles. The second-order valence-electron chi connectivity index (χ2n) is 6.66. The van der Waals surface area contributed by atoms with Crippen molar-refractivity contribution in [3.05, 3.63) is 86.7 Å². The smallest absolute Gasteiger partial charge is 0.289 e. The number of hydrogen-bond donors (Lipinski definition) is 1. The highest BCUT2D eigenvalue weighted by Gasteiger charge is 2.26. The number of nitro groups is 1. The number of hydrogen-bond acceptors (Lipinski definition) is 7. The topological polar surface area (TPSA) is 103 Å².